The Hall–Kier alpha value is -0.490. The molecule has 0 aromatic heterocycles. The second-order valence-electron chi connectivity index (χ2n) is 2.26. The summed E-state index contributed by atoms with van der Waals surface area (Å²) in [6.45, 7) is 0. The number of halogens is 3. The van der Waals surface area contributed by atoms with Gasteiger partial charge in [0.1, 0.15) is 10.3 Å². The van der Waals surface area contributed by atoms with Crippen molar-refractivity contribution < 1.29 is 9.31 Å². The van der Waals surface area contributed by atoms with E-state index in [-0.39, 0.29) is 10.2 Å². The lowest BCUT2D eigenvalue weighted by Crippen LogP contribution is -1.94. The molecule has 0 N–H and O–H groups in total. The van der Waals surface area contributed by atoms with Crippen molar-refractivity contribution in [1.82, 2.24) is 0 Å². The first kappa shape index (κ1) is 10.6. The van der Waals surface area contributed by atoms with Crippen molar-refractivity contribution in [3.63, 3.8) is 0 Å². The molecule has 1 aromatic carbocycles. The summed E-state index contributed by atoms with van der Waals surface area (Å²) in [4.78, 5) is 9.74. The maximum Gasteiger partial charge on any atom is 0.286 e. The van der Waals surface area contributed by atoms with Gasteiger partial charge < -0.3 is 0 Å². The SMILES string of the molecule is O=[N+]([O-])c1ccc(CBr)c(F)c1Br. The van der Waals surface area contributed by atoms with E-state index in [4.69, 9.17) is 0 Å². The van der Waals surface area contributed by atoms with Crippen LogP contribution in [0.5, 0.6) is 0 Å². The highest BCUT2D eigenvalue weighted by Gasteiger charge is 2.17. The summed E-state index contributed by atoms with van der Waals surface area (Å²) < 4.78 is 13.1. The van der Waals surface area contributed by atoms with Crippen LogP contribution in [-0.2, 0) is 5.33 Å². The molecule has 0 aliphatic rings. The molecular formula is C7H4Br2FNO2. The number of benzene rings is 1. The summed E-state index contributed by atoms with van der Waals surface area (Å²) in [5.74, 6) is -0.592. The molecule has 3 nitrogen and oxygen atoms in total. The molecule has 1 rings (SSSR count). The van der Waals surface area contributed by atoms with Crippen LogP contribution in [0.1, 0.15) is 5.56 Å². The van der Waals surface area contributed by atoms with Crippen LogP contribution in [0.4, 0.5) is 10.1 Å². The van der Waals surface area contributed by atoms with Crippen LogP contribution in [-0.4, -0.2) is 4.92 Å². The molecular weight excluding hydrogens is 309 g/mol. The summed E-state index contributed by atoms with van der Waals surface area (Å²) in [7, 11) is 0. The predicted octanol–water partition coefficient (Wildman–Crippen LogP) is 3.39. The van der Waals surface area contributed by atoms with Crippen molar-refractivity contribution in [3.8, 4) is 0 Å². The largest absolute Gasteiger partial charge is 0.286 e. The van der Waals surface area contributed by atoms with Crippen molar-refractivity contribution in [2.75, 3.05) is 0 Å². The molecule has 1 aromatic rings. The lowest BCUT2D eigenvalue weighted by molar-refractivity contribution is -0.385. The molecule has 0 saturated heterocycles. The fourth-order valence-corrected chi connectivity index (χ4v) is 1.79. The van der Waals surface area contributed by atoms with E-state index in [0.717, 1.165) is 0 Å². The number of hydrogen-bond donors (Lipinski definition) is 0. The van der Waals surface area contributed by atoms with Crippen molar-refractivity contribution >= 4 is 37.5 Å². The minimum Gasteiger partial charge on any atom is -0.258 e. The van der Waals surface area contributed by atoms with Gasteiger partial charge in [-0.1, -0.05) is 15.9 Å². The first-order valence-electron chi connectivity index (χ1n) is 3.25. The summed E-state index contributed by atoms with van der Waals surface area (Å²) in [5.41, 5.74) is 0.125. The number of hydrogen-bond acceptors (Lipinski definition) is 2. The van der Waals surface area contributed by atoms with E-state index in [1.807, 2.05) is 0 Å². The van der Waals surface area contributed by atoms with E-state index in [9.17, 15) is 14.5 Å². The van der Waals surface area contributed by atoms with E-state index in [0.29, 0.717) is 10.9 Å². The highest BCUT2D eigenvalue weighted by Crippen LogP contribution is 2.30. The van der Waals surface area contributed by atoms with E-state index in [1.54, 1.807) is 0 Å². The lowest BCUT2D eigenvalue weighted by Gasteiger charge is -2.01. The van der Waals surface area contributed by atoms with Crippen LogP contribution in [0, 0.1) is 15.9 Å². The minimum absolute atomic E-state index is 0.102. The van der Waals surface area contributed by atoms with Crippen LogP contribution in [0.25, 0.3) is 0 Å². The Bertz CT molecular complexity index is 357. The van der Waals surface area contributed by atoms with Gasteiger partial charge in [-0.15, -0.1) is 0 Å². The topological polar surface area (TPSA) is 43.1 Å². The van der Waals surface area contributed by atoms with Crippen LogP contribution in [0.2, 0.25) is 0 Å². The standard InChI is InChI=1S/C7H4Br2FNO2/c8-3-4-1-2-5(11(12)13)6(9)7(4)10/h1-2H,3H2. The molecule has 70 valence electrons. The quantitative estimate of drug-likeness (QED) is 0.477. The van der Waals surface area contributed by atoms with Crippen molar-refractivity contribution in [1.29, 1.82) is 0 Å². The van der Waals surface area contributed by atoms with Gasteiger partial charge in [0.15, 0.2) is 0 Å². The molecule has 0 bridgehead atoms. The Balaban J connectivity index is 3.31. The average Bonchev–Trinajstić information content (AvgIpc) is 2.09. The minimum atomic E-state index is -0.634. The number of rotatable bonds is 2. The van der Waals surface area contributed by atoms with Crippen LogP contribution in [0.3, 0.4) is 0 Å². The number of nitro benzene ring substituents is 1. The highest BCUT2D eigenvalue weighted by molar-refractivity contribution is 9.10. The van der Waals surface area contributed by atoms with Gasteiger partial charge in [0.2, 0.25) is 0 Å². The van der Waals surface area contributed by atoms with Gasteiger partial charge in [-0.05, 0) is 22.0 Å². The molecule has 0 spiro atoms. The van der Waals surface area contributed by atoms with E-state index in [2.05, 4.69) is 31.9 Å². The molecule has 0 fully saturated rings. The van der Waals surface area contributed by atoms with E-state index >= 15 is 0 Å². The molecule has 0 aliphatic heterocycles. The third-order valence-electron chi connectivity index (χ3n) is 1.48. The van der Waals surface area contributed by atoms with Gasteiger partial charge in [-0.3, -0.25) is 10.1 Å². The summed E-state index contributed by atoms with van der Waals surface area (Å²) in [6, 6.07) is 2.65. The van der Waals surface area contributed by atoms with Gasteiger partial charge in [-0.2, -0.15) is 0 Å². The van der Waals surface area contributed by atoms with Crippen molar-refractivity contribution in [3.05, 3.63) is 38.1 Å². The first-order chi connectivity index (χ1) is 6.07. The third kappa shape index (κ3) is 2.05. The molecule has 0 amide bonds. The number of alkyl halides is 1. The number of nitro groups is 1. The molecule has 0 heterocycles. The van der Waals surface area contributed by atoms with Crippen LogP contribution in [0.15, 0.2) is 16.6 Å². The van der Waals surface area contributed by atoms with Gasteiger partial charge in [-0.25, -0.2) is 4.39 Å². The van der Waals surface area contributed by atoms with E-state index < -0.39 is 10.7 Å². The molecule has 6 heteroatoms. The average molecular weight is 313 g/mol. The first-order valence-corrected chi connectivity index (χ1v) is 5.16. The van der Waals surface area contributed by atoms with Crippen LogP contribution >= 0.6 is 31.9 Å². The monoisotopic (exact) mass is 311 g/mol. The Morgan fingerprint density at radius 2 is 2.15 bits per heavy atom. The summed E-state index contributed by atoms with van der Waals surface area (Å²) >= 11 is 5.91. The van der Waals surface area contributed by atoms with Gasteiger partial charge in [0.05, 0.1) is 4.92 Å². The van der Waals surface area contributed by atoms with Gasteiger partial charge in [0, 0.05) is 17.0 Å². The zero-order valence-electron chi connectivity index (χ0n) is 6.26. The normalized spacial score (nSPS) is 10.1. The van der Waals surface area contributed by atoms with Crippen molar-refractivity contribution in [2.24, 2.45) is 0 Å². The molecule has 0 unspecified atom stereocenters. The van der Waals surface area contributed by atoms with E-state index in [1.165, 1.54) is 12.1 Å². The predicted molar refractivity (Wildman–Crippen MR) is 53.4 cm³/mol. The lowest BCUT2D eigenvalue weighted by atomic mass is 10.2. The van der Waals surface area contributed by atoms with Gasteiger partial charge >= 0.3 is 0 Å². The molecule has 13 heavy (non-hydrogen) atoms. The fraction of sp³-hybridized carbons (Fsp3) is 0.143. The van der Waals surface area contributed by atoms with Crippen molar-refractivity contribution in [2.45, 2.75) is 5.33 Å². The smallest absolute Gasteiger partial charge is 0.258 e. The zero-order chi connectivity index (χ0) is 10.0. The fourth-order valence-electron chi connectivity index (χ4n) is 0.823. The Kier molecular flexibility index (Phi) is 3.38. The second kappa shape index (κ2) is 4.15. The second-order valence-corrected chi connectivity index (χ2v) is 3.62. The maximum atomic E-state index is 13.2. The summed E-state index contributed by atoms with van der Waals surface area (Å²) in [5, 5.41) is 10.7. The Morgan fingerprint density at radius 3 is 2.62 bits per heavy atom. The maximum absolute atomic E-state index is 13.2. The third-order valence-corrected chi connectivity index (χ3v) is 2.84. The molecule has 0 saturated carbocycles. The molecule has 0 radical (unpaired) electrons. The number of nitrogens with zero attached hydrogens (tertiary/aromatic N) is 1. The van der Waals surface area contributed by atoms with Gasteiger partial charge in [0.25, 0.3) is 5.69 Å². The molecule has 0 aliphatic carbocycles. The molecule has 0 atom stereocenters. The Morgan fingerprint density at radius 1 is 1.54 bits per heavy atom. The summed E-state index contributed by atoms with van der Waals surface area (Å²) in [6.07, 6.45) is 0. The Labute approximate surface area is 90.3 Å². The highest BCUT2D eigenvalue weighted by atomic mass is 79.9. The zero-order valence-corrected chi connectivity index (χ0v) is 9.43. The van der Waals surface area contributed by atoms with Crippen LogP contribution < -0.4 is 0 Å².